The average Bonchev–Trinajstić information content (AvgIpc) is 2.94. The van der Waals surface area contributed by atoms with Crippen LogP contribution in [0.15, 0.2) is 36.5 Å². The molecule has 13 heteroatoms. The first kappa shape index (κ1) is 29.5. The van der Waals surface area contributed by atoms with E-state index >= 15 is 0 Å². The summed E-state index contributed by atoms with van der Waals surface area (Å²) < 4.78 is 37.3. The molecule has 216 valence electrons. The summed E-state index contributed by atoms with van der Waals surface area (Å²) >= 11 is 6.41. The van der Waals surface area contributed by atoms with E-state index in [1.54, 1.807) is 25.3 Å². The third-order valence-corrected chi connectivity index (χ3v) is 7.66. The van der Waals surface area contributed by atoms with Crippen LogP contribution in [0.2, 0.25) is 5.02 Å². The molecule has 0 saturated carbocycles. The van der Waals surface area contributed by atoms with Crippen molar-refractivity contribution in [2.24, 2.45) is 0 Å². The van der Waals surface area contributed by atoms with E-state index < -0.39 is 10.0 Å². The molecule has 0 unspecified atom stereocenters. The summed E-state index contributed by atoms with van der Waals surface area (Å²) in [5.41, 5.74) is 3.81. The van der Waals surface area contributed by atoms with Crippen LogP contribution in [0.25, 0.3) is 0 Å². The maximum absolute atomic E-state index is 11.9. The summed E-state index contributed by atoms with van der Waals surface area (Å²) in [6.45, 7) is 4.09. The van der Waals surface area contributed by atoms with Gasteiger partial charge in [0.05, 0.1) is 43.7 Å². The first-order chi connectivity index (χ1) is 19.1. The van der Waals surface area contributed by atoms with E-state index in [1.165, 1.54) is 24.6 Å². The Kier molecular flexibility index (Phi) is 9.44. The third kappa shape index (κ3) is 7.18. The molecule has 0 spiro atoms. The van der Waals surface area contributed by atoms with Crippen molar-refractivity contribution in [1.82, 2.24) is 15.3 Å². The summed E-state index contributed by atoms with van der Waals surface area (Å²) in [5.74, 6) is 1.74. The van der Waals surface area contributed by atoms with E-state index in [4.69, 9.17) is 21.1 Å². The Labute approximate surface area is 240 Å². The van der Waals surface area contributed by atoms with E-state index in [9.17, 15) is 8.42 Å². The van der Waals surface area contributed by atoms with Crippen molar-refractivity contribution in [3.63, 3.8) is 0 Å². The van der Waals surface area contributed by atoms with Crippen LogP contribution in [0, 0.1) is 0 Å². The Morgan fingerprint density at radius 3 is 2.42 bits per heavy atom. The molecular formula is C27H36ClN7O4S. The highest BCUT2D eigenvalue weighted by Crippen LogP contribution is 2.37. The first-order valence-corrected chi connectivity index (χ1v) is 15.3. The quantitative estimate of drug-likeness (QED) is 0.248. The smallest absolute Gasteiger partial charge is 0.229 e. The minimum Gasteiger partial charge on any atom is -0.497 e. The number of anilines is 6. The molecule has 0 atom stereocenters. The van der Waals surface area contributed by atoms with Crippen LogP contribution < -0.4 is 35.0 Å². The van der Waals surface area contributed by atoms with Gasteiger partial charge in [0.25, 0.3) is 0 Å². The normalized spacial score (nSPS) is 14.1. The highest BCUT2D eigenvalue weighted by atomic mass is 35.5. The van der Waals surface area contributed by atoms with Gasteiger partial charge in [0.15, 0.2) is 5.82 Å². The van der Waals surface area contributed by atoms with Crippen molar-refractivity contribution in [2.75, 3.05) is 60.9 Å². The molecule has 1 fully saturated rings. The zero-order valence-electron chi connectivity index (χ0n) is 23.3. The Morgan fingerprint density at radius 2 is 1.80 bits per heavy atom. The Hall–Kier alpha value is -3.48. The van der Waals surface area contributed by atoms with Crippen molar-refractivity contribution in [2.45, 2.75) is 32.2 Å². The Balaban J connectivity index is 1.61. The van der Waals surface area contributed by atoms with Gasteiger partial charge in [-0.05, 0) is 50.1 Å². The predicted molar refractivity (Wildman–Crippen MR) is 162 cm³/mol. The number of ether oxygens (including phenoxy) is 2. The van der Waals surface area contributed by atoms with E-state index in [0.717, 1.165) is 44.3 Å². The summed E-state index contributed by atoms with van der Waals surface area (Å²) in [4.78, 5) is 11.3. The molecule has 40 heavy (non-hydrogen) atoms. The van der Waals surface area contributed by atoms with Gasteiger partial charge in [-0.15, -0.1) is 0 Å². The highest BCUT2D eigenvalue weighted by Gasteiger charge is 2.22. The van der Waals surface area contributed by atoms with Gasteiger partial charge >= 0.3 is 0 Å². The molecule has 1 aliphatic heterocycles. The van der Waals surface area contributed by atoms with Gasteiger partial charge in [-0.25, -0.2) is 13.4 Å². The van der Waals surface area contributed by atoms with Gasteiger partial charge < -0.3 is 30.3 Å². The molecular weight excluding hydrogens is 554 g/mol. The van der Waals surface area contributed by atoms with Crippen molar-refractivity contribution in [1.29, 1.82) is 0 Å². The molecule has 1 aromatic heterocycles. The molecule has 0 bridgehead atoms. The molecule has 3 aromatic rings. The monoisotopic (exact) mass is 589 g/mol. The first-order valence-electron chi connectivity index (χ1n) is 13.0. The fourth-order valence-electron chi connectivity index (χ4n) is 4.67. The molecule has 4 N–H and O–H groups in total. The predicted octanol–water partition coefficient (Wildman–Crippen LogP) is 4.76. The lowest BCUT2D eigenvalue weighted by molar-refractivity contribution is 0.415. The number of piperidine rings is 1. The van der Waals surface area contributed by atoms with E-state index in [2.05, 4.69) is 54.6 Å². The summed E-state index contributed by atoms with van der Waals surface area (Å²) in [5, 5.41) is 10.0. The SMILES string of the molecule is CCc1cc(Nc2ncc(Cl)c(Nc3ccc(OC)cc3NS(C)(=O)=O)n2)c(OC)cc1N1CCC(NC)CC1. The zero-order chi connectivity index (χ0) is 28.9. The Bertz CT molecular complexity index is 1450. The van der Waals surface area contributed by atoms with Crippen molar-refractivity contribution in [3.05, 3.63) is 47.1 Å². The lowest BCUT2D eigenvalue weighted by Gasteiger charge is -2.35. The lowest BCUT2D eigenvalue weighted by Crippen LogP contribution is -2.41. The molecule has 4 rings (SSSR count). The number of rotatable bonds is 11. The van der Waals surface area contributed by atoms with Crippen LogP contribution in [0.4, 0.5) is 34.5 Å². The van der Waals surface area contributed by atoms with E-state index in [-0.39, 0.29) is 10.7 Å². The largest absolute Gasteiger partial charge is 0.497 e. The van der Waals surface area contributed by atoms with Gasteiger partial charge in [0.1, 0.15) is 16.5 Å². The fraction of sp³-hybridized carbons (Fsp3) is 0.407. The van der Waals surface area contributed by atoms with E-state index in [1.807, 2.05) is 7.05 Å². The lowest BCUT2D eigenvalue weighted by atomic mass is 10.0. The number of nitrogens with zero attached hydrogens (tertiary/aromatic N) is 3. The van der Waals surface area contributed by atoms with Crippen molar-refractivity contribution in [3.8, 4) is 11.5 Å². The van der Waals surface area contributed by atoms with Crippen LogP contribution in [0.3, 0.4) is 0 Å². The number of aryl methyl sites for hydroxylation is 1. The standard InChI is InChI=1S/C27H36ClN7O4S/c1-6-17-13-23(25(39-4)15-24(17)35-11-9-18(29-2)10-12-35)32-27-30-16-20(28)26(33-27)31-21-8-7-19(38-3)14-22(21)34-40(5,36)37/h7-8,13-16,18,29,34H,6,9-12H2,1-5H3,(H2,30,31,32,33). The van der Waals surface area contributed by atoms with Gasteiger partial charge in [-0.2, -0.15) is 4.98 Å². The number of hydrogen-bond acceptors (Lipinski definition) is 10. The minimum atomic E-state index is -3.55. The molecule has 0 amide bonds. The molecule has 0 radical (unpaired) electrons. The molecule has 2 aromatic carbocycles. The Morgan fingerprint density at radius 1 is 1.05 bits per heavy atom. The number of nitrogens with one attached hydrogen (secondary N) is 4. The van der Waals surface area contributed by atoms with Gasteiger partial charge in [-0.1, -0.05) is 18.5 Å². The molecule has 1 aliphatic rings. The number of methoxy groups -OCH3 is 2. The molecule has 0 aliphatic carbocycles. The minimum absolute atomic E-state index is 0.258. The number of halogens is 1. The summed E-state index contributed by atoms with van der Waals surface area (Å²) in [6, 6.07) is 9.62. The molecule has 2 heterocycles. The topological polar surface area (TPSA) is 130 Å². The van der Waals surface area contributed by atoms with Crippen LogP contribution in [0.5, 0.6) is 11.5 Å². The van der Waals surface area contributed by atoms with Crippen molar-refractivity contribution >= 4 is 56.1 Å². The van der Waals surface area contributed by atoms with Crippen molar-refractivity contribution < 1.29 is 17.9 Å². The highest BCUT2D eigenvalue weighted by molar-refractivity contribution is 7.92. The average molecular weight is 590 g/mol. The second kappa shape index (κ2) is 12.8. The third-order valence-electron chi connectivity index (χ3n) is 6.79. The zero-order valence-corrected chi connectivity index (χ0v) is 24.9. The molecule has 1 saturated heterocycles. The maximum atomic E-state index is 11.9. The second-order valence-electron chi connectivity index (χ2n) is 9.51. The second-order valence-corrected chi connectivity index (χ2v) is 11.7. The van der Waals surface area contributed by atoms with E-state index in [0.29, 0.717) is 35.0 Å². The van der Waals surface area contributed by atoms with Gasteiger partial charge in [0, 0.05) is 37.0 Å². The number of benzene rings is 2. The van der Waals surface area contributed by atoms with Crippen LogP contribution >= 0.6 is 11.6 Å². The van der Waals surface area contributed by atoms with Gasteiger partial charge in [-0.3, -0.25) is 4.72 Å². The van der Waals surface area contributed by atoms with Gasteiger partial charge in [0.2, 0.25) is 16.0 Å². The summed E-state index contributed by atoms with van der Waals surface area (Å²) in [7, 11) is 1.61. The number of hydrogen-bond donors (Lipinski definition) is 4. The number of sulfonamides is 1. The number of aromatic nitrogens is 2. The van der Waals surface area contributed by atoms with Crippen LogP contribution in [0.1, 0.15) is 25.3 Å². The van der Waals surface area contributed by atoms with Crippen LogP contribution in [-0.2, 0) is 16.4 Å². The maximum Gasteiger partial charge on any atom is 0.229 e. The molecule has 11 nitrogen and oxygen atoms in total. The summed E-state index contributed by atoms with van der Waals surface area (Å²) in [6.07, 6.45) is 5.57. The fourth-order valence-corrected chi connectivity index (χ4v) is 5.38. The van der Waals surface area contributed by atoms with Crippen LogP contribution in [-0.4, -0.2) is 65.0 Å².